The van der Waals surface area contributed by atoms with Gasteiger partial charge in [0.25, 0.3) is 5.91 Å². The van der Waals surface area contributed by atoms with E-state index in [2.05, 4.69) is 19.1 Å². The van der Waals surface area contributed by atoms with E-state index in [1.165, 1.54) is 19.3 Å². The van der Waals surface area contributed by atoms with Crippen molar-refractivity contribution < 1.29 is 9.63 Å². The van der Waals surface area contributed by atoms with E-state index in [0.29, 0.717) is 12.5 Å². The Morgan fingerprint density at radius 1 is 1.32 bits per heavy atom. The van der Waals surface area contributed by atoms with Crippen LogP contribution in [-0.4, -0.2) is 23.6 Å². The highest BCUT2D eigenvalue weighted by Crippen LogP contribution is 2.52. The van der Waals surface area contributed by atoms with E-state index in [0.717, 1.165) is 32.1 Å². The minimum absolute atomic E-state index is 0.131. The first-order valence-electron chi connectivity index (χ1n) is 7.93. The Balaban J connectivity index is 1.78. The third-order valence-corrected chi connectivity index (χ3v) is 5.17. The fraction of sp³-hybridized carbons (Fsp3) is 0.812. The molecule has 3 aliphatic rings. The molecule has 2 atom stereocenters. The molecule has 3 nitrogen and oxygen atoms in total. The van der Waals surface area contributed by atoms with Crippen LogP contribution in [0.4, 0.5) is 0 Å². The molecule has 19 heavy (non-hydrogen) atoms. The lowest BCUT2D eigenvalue weighted by Gasteiger charge is -2.47. The summed E-state index contributed by atoms with van der Waals surface area (Å²) in [6.45, 7) is 2.82. The van der Waals surface area contributed by atoms with Crippen molar-refractivity contribution in [3.63, 3.8) is 0 Å². The number of rotatable bonds is 4. The van der Waals surface area contributed by atoms with Crippen molar-refractivity contribution in [1.29, 1.82) is 0 Å². The summed E-state index contributed by atoms with van der Waals surface area (Å²) < 4.78 is 0. The van der Waals surface area contributed by atoms with Gasteiger partial charge in [-0.1, -0.05) is 44.8 Å². The van der Waals surface area contributed by atoms with Gasteiger partial charge in [-0.2, -0.15) is 0 Å². The lowest BCUT2D eigenvalue weighted by atomic mass is 9.63. The topological polar surface area (TPSA) is 29.5 Å². The van der Waals surface area contributed by atoms with Crippen molar-refractivity contribution in [3.8, 4) is 0 Å². The van der Waals surface area contributed by atoms with Crippen molar-refractivity contribution >= 4 is 5.91 Å². The number of hydrogen-bond acceptors (Lipinski definition) is 2. The van der Waals surface area contributed by atoms with E-state index < -0.39 is 0 Å². The van der Waals surface area contributed by atoms with E-state index >= 15 is 0 Å². The second-order valence-electron chi connectivity index (χ2n) is 6.33. The Morgan fingerprint density at radius 3 is 2.84 bits per heavy atom. The normalized spacial score (nSPS) is 32.3. The Hall–Kier alpha value is -0.830. The summed E-state index contributed by atoms with van der Waals surface area (Å²) in [5.41, 5.74) is -0.131. The average molecular weight is 263 g/mol. The van der Waals surface area contributed by atoms with E-state index in [9.17, 15) is 4.79 Å². The first-order chi connectivity index (χ1) is 9.28. The zero-order chi connectivity index (χ0) is 13.3. The van der Waals surface area contributed by atoms with Crippen LogP contribution in [0.2, 0.25) is 0 Å². The largest absolute Gasteiger partial charge is 0.272 e. The second kappa shape index (κ2) is 5.28. The number of fused-ring (bicyclic) bond motifs is 3. The molecule has 2 unspecified atom stereocenters. The third kappa shape index (κ3) is 2.12. The molecule has 0 aromatic rings. The molecule has 1 saturated heterocycles. The molecule has 1 aliphatic heterocycles. The van der Waals surface area contributed by atoms with Gasteiger partial charge in [0.2, 0.25) is 0 Å². The number of unbranched alkanes of at least 4 members (excludes halogenated alkanes) is 1. The SMILES string of the molecule is CCCCON1C(=O)C2(CCCCC2)C2C=CC1C2. The van der Waals surface area contributed by atoms with Crippen LogP contribution in [0.25, 0.3) is 0 Å². The predicted molar refractivity (Wildman–Crippen MR) is 74.3 cm³/mol. The fourth-order valence-corrected chi connectivity index (χ4v) is 4.02. The predicted octanol–water partition coefficient (Wildman–Crippen LogP) is 3.46. The first-order valence-corrected chi connectivity index (χ1v) is 7.93. The summed E-state index contributed by atoms with van der Waals surface area (Å²) in [6.07, 6.45) is 13.5. The van der Waals surface area contributed by atoms with Crippen LogP contribution >= 0.6 is 0 Å². The van der Waals surface area contributed by atoms with Gasteiger partial charge >= 0.3 is 0 Å². The van der Waals surface area contributed by atoms with Crippen LogP contribution in [0.3, 0.4) is 0 Å². The van der Waals surface area contributed by atoms with Crippen molar-refractivity contribution in [2.75, 3.05) is 6.61 Å². The summed E-state index contributed by atoms with van der Waals surface area (Å²) in [6, 6.07) is 0.196. The molecule has 1 spiro atoms. The number of hydrogen-bond donors (Lipinski definition) is 0. The molecule has 0 N–H and O–H groups in total. The summed E-state index contributed by atoms with van der Waals surface area (Å²) in [7, 11) is 0. The van der Waals surface area contributed by atoms with Gasteiger partial charge < -0.3 is 0 Å². The number of nitrogens with zero attached hydrogens (tertiary/aromatic N) is 1. The number of piperidine rings is 1. The van der Waals surface area contributed by atoms with Crippen LogP contribution in [0.5, 0.6) is 0 Å². The summed E-state index contributed by atoms with van der Waals surface area (Å²) in [4.78, 5) is 18.7. The van der Waals surface area contributed by atoms with Crippen LogP contribution in [0.15, 0.2) is 12.2 Å². The van der Waals surface area contributed by atoms with Gasteiger partial charge in [-0.25, -0.2) is 5.06 Å². The van der Waals surface area contributed by atoms with Crippen molar-refractivity contribution in [3.05, 3.63) is 12.2 Å². The van der Waals surface area contributed by atoms with Crippen molar-refractivity contribution in [2.24, 2.45) is 11.3 Å². The molecule has 2 aliphatic carbocycles. The minimum atomic E-state index is -0.131. The monoisotopic (exact) mass is 263 g/mol. The maximum absolute atomic E-state index is 12.9. The maximum atomic E-state index is 12.9. The van der Waals surface area contributed by atoms with E-state index in [1.54, 1.807) is 5.06 Å². The minimum Gasteiger partial charge on any atom is -0.272 e. The van der Waals surface area contributed by atoms with Crippen LogP contribution in [0, 0.1) is 11.3 Å². The molecule has 0 aromatic heterocycles. The number of carbonyl (C=O) groups is 1. The van der Waals surface area contributed by atoms with Gasteiger partial charge in [0.15, 0.2) is 0 Å². The molecule has 3 rings (SSSR count). The standard InChI is InChI=1S/C16H25NO2/c1-2-3-11-19-17-14-8-7-13(12-14)16(15(17)18)9-5-4-6-10-16/h7-8,13-14H,2-6,9-12H2,1H3. The van der Waals surface area contributed by atoms with E-state index in [-0.39, 0.29) is 17.4 Å². The fourth-order valence-electron chi connectivity index (χ4n) is 4.02. The average Bonchev–Trinajstić information content (AvgIpc) is 2.90. The van der Waals surface area contributed by atoms with Gasteiger partial charge in [-0.15, -0.1) is 0 Å². The number of hydroxylamine groups is 2. The van der Waals surface area contributed by atoms with Gasteiger partial charge in [-0.05, 0) is 31.6 Å². The van der Waals surface area contributed by atoms with Crippen molar-refractivity contribution in [2.45, 2.75) is 64.3 Å². The van der Waals surface area contributed by atoms with Gasteiger partial charge in [0.05, 0.1) is 18.1 Å². The molecule has 106 valence electrons. The maximum Gasteiger partial charge on any atom is 0.253 e. The smallest absolute Gasteiger partial charge is 0.253 e. The van der Waals surface area contributed by atoms with Gasteiger partial charge in [0.1, 0.15) is 0 Å². The zero-order valence-corrected chi connectivity index (χ0v) is 11.9. The van der Waals surface area contributed by atoms with Crippen molar-refractivity contribution in [1.82, 2.24) is 5.06 Å². The summed E-state index contributed by atoms with van der Waals surface area (Å²) in [5, 5.41) is 1.72. The highest BCUT2D eigenvalue weighted by molar-refractivity contribution is 5.84. The molecule has 2 bridgehead atoms. The number of allylic oxidation sites excluding steroid dienone is 1. The Labute approximate surface area is 115 Å². The molecule has 3 heteroatoms. The number of amides is 1. The molecule has 2 fully saturated rings. The molecule has 1 amide bonds. The Kier molecular flexibility index (Phi) is 3.66. The molecule has 0 aromatic carbocycles. The van der Waals surface area contributed by atoms with Crippen LogP contribution in [0.1, 0.15) is 58.3 Å². The van der Waals surface area contributed by atoms with E-state index in [1.807, 2.05) is 0 Å². The zero-order valence-electron chi connectivity index (χ0n) is 11.9. The van der Waals surface area contributed by atoms with E-state index in [4.69, 9.17) is 4.84 Å². The number of carbonyl (C=O) groups excluding carboxylic acids is 1. The molecular formula is C16H25NO2. The lowest BCUT2D eigenvalue weighted by molar-refractivity contribution is -0.220. The van der Waals surface area contributed by atoms with Crippen LogP contribution in [-0.2, 0) is 9.63 Å². The molecule has 1 saturated carbocycles. The lowest BCUT2D eigenvalue weighted by Crippen LogP contribution is -2.55. The molecular weight excluding hydrogens is 238 g/mol. The van der Waals surface area contributed by atoms with Gasteiger partial charge in [-0.3, -0.25) is 9.63 Å². The second-order valence-corrected chi connectivity index (χ2v) is 6.33. The Bertz CT molecular complexity index is 371. The third-order valence-electron chi connectivity index (χ3n) is 5.17. The molecule has 1 heterocycles. The summed E-state index contributed by atoms with van der Waals surface area (Å²) in [5.74, 6) is 0.742. The van der Waals surface area contributed by atoms with Gasteiger partial charge in [0, 0.05) is 0 Å². The summed E-state index contributed by atoms with van der Waals surface area (Å²) >= 11 is 0. The highest BCUT2D eigenvalue weighted by Gasteiger charge is 2.54. The quantitative estimate of drug-likeness (QED) is 0.574. The van der Waals surface area contributed by atoms with Crippen LogP contribution < -0.4 is 0 Å². The highest BCUT2D eigenvalue weighted by atomic mass is 16.7. The first kappa shape index (κ1) is 13.2. The Morgan fingerprint density at radius 2 is 2.11 bits per heavy atom. The molecule has 0 radical (unpaired) electrons.